The van der Waals surface area contributed by atoms with Crippen molar-refractivity contribution in [2.24, 2.45) is 11.8 Å². The van der Waals surface area contributed by atoms with E-state index in [0.29, 0.717) is 31.1 Å². The first kappa shape index (κ1) is 18.4. The van der Waals surface area contributed by atoms with Crippen molar-refractivity contribution in [2.45, 2.75) is 25.0 Å². The van der Waals surface area contributed by atoms with Crippen LogP contribution in [0.4, 0.5) is 5.82 Å². The summed E-state index contributed by atoms with van der Waals surface area (Å²) in [6, 6.07) is 9.82. The number of aryl methyl sites for hydroxylation is 1. The number of rotatable bonds is 5. The summed E-state index contributed by atoms with van der Waals surface area (Å²) in [6.45, 7) is 2.62. The number of anilines is 1. The predicted octanol–water partition coefficient (Wildman–Crippen LogP) is 2.11. The maximum Gasteiger partial charge on any atom is 0.235 e. The molecule has 2 saturated heterocycles. The summed E-state index contributed by atoms with van der Waals surface area (Å²) in [5, 5.41) is 8.16. The van der Waals surface area contributed by atoms with Gasteiger partial charge in [-0.25, -0.2) is 0 Å². The van der Waals surface area contributed by atoms with E-state index in [0.717, 1.165) is 16.5 Å². The van der Waals surface area contributed by atoms with Gasteiger partial charge in [0.25, 0.3) is 0 Å². The van der Waals surface area contributed by atoms with E-state index in [2.05, 4.69) is 21.5 Å². The Morgan fingerprint density at radius 2 is 2.26 bits per heavy atom. The van der Waals surface area contributed by atoms with E-state index in [4.69, 9.17) is 9.26 Å². The Hall–Kier alpha value is -3.39. The highest BCUT2D eigenvalue weighted by Crippen LogP contribution is 2.52. The van der Waals surface area contributed by atoms with Crippen LogP contribution in [-0.4, -0.2) is 46.7 Å². The van der Waals surface area contributed by atoms with Crippen LogP contribution >= 0.6 is 0 Å². The summed E-state index contributed by atoms with van der Waals surface area (Å²) in [6.07, 6.45) is 6.16. The number of para-hydroxylation sites is 1. The molecule has 8 nitrogen and oxygen atoms in total. The average Bonchev–Trinajstić information content (AvgIpc) is 3.56. The van der Waals surface area contributed by atoms with Crippen LogP contribution in [0.3, 0.4) is 0 Å². The van der Waals surface area contributed by atoms with Crippen LogP contribution in [0.15, 0.2) is 53.2 Å². The number of carbonyl (C=O) groups is 2. The number of nitrogens with one attached hydrogen (secondary N) is 2. The molecule has 0 aliphatic carbocycles. The first-order chi connectivity index (χ1) is 15.1. The second-order valence-electron chi connectivity index (χ2n) is 8.52. The van der Waals surface area contributed by atoms with Crippen LogP contribution < -0.4 is 10.2 Å². The van der Waals surface area contributed by atoms with E-state index in [1.165, 1.54) is 0 Å². The van der Waals surface area contributed by atoms with E-state index in [1.807, 2.05) is 36.5 Å². The highest BCUT2D eigenvalue weighted by molar-refractivity contribution is 6.02. The van der Waals surface area contributed by atoms with Crippen molar-refractivity contribution in [3.63, 3.8) is 0 Å². The van der Waals surface area contributed by atoms with Gasteiger partial charge in [0.2, 0.25) is 11.8 Å². The quantitative estimate of drug-likeness (QED) is 0.618. The van der Waals surface area contributed by atoms with E-state index in [9.17, 15) is 9.59 Å². The van der Waals surface area contributed by atoms with Gasteiger partial charge in [0.05, 0.1) is 24.5 Å². The summed E-state index contributed by atoms with van der Waals surface area (Å²) in [7, 11) is 0. The van der Waals surface area contributed by atoms with E-state index >= 15 is 0 Å². The Balaban J connectivity index is 1.18. The standard InChI is InChI=1S/C23H22N4O4/c1-13-10-18(26-31-13)27-12-23-8-6-17(30-23)19(20(23)22(27)29)21(28)24-9-7-14-11-25-16-5-3-2-4-15(14)16/h2-6,8,10-11,17,19-20,25H,7,9,12H2,1H3,(H,24,28)/t17-,19+,20?,23+/m1/s1. The van der Waals surface area contributed by atoms with Gasteiger partial charge >= 0.3 is 0 Å². The summed E-state index contributed by atoms with van der Waals surface area (Å²) in [4.78, 5) is 31.2. The number of aromatic amines is 1. The maximum atomic E-state index is 13.2. The van der Waals surface area contributed by atoms with Crippen LogP contribution in [0.5, 0.6) is 0 Å². The number of benzene rings is 1. The van der Waals surface area contributed by atoms with Crippen LogP contribution in [0, 0.1) is 18.8 Å². The predicted molar refractivity (Wildman–Crippen MR) is 112 cm³/mol. The number of nitrogens with zero attached hydrogens (tertiary/aromatic N) is 2. The molecule has 3 aliphatic heterocycles. The minimum absolute atomic E-state index is 0.142. The van der Waals surface area contributed by atoms with Crippen molar-refractivity contribution < 1.29 is 18.8 Å². The normalized spacial score (nSPS) is 28.6. The average molecular weight is 418 g/mol. The third-order valence-electron chi connectivity index (χ3n) is 6.66. The largest absolute Gasteiger partial charge is 0.361 e. The molecule has 2 amide bonds. The van der Waals surface area contributed by atoms with Crippen molar-refractivity contribution in [2.75, 3.05) is 18.0 Å². The zero-order valence-electron chi connectivity index (χ0n) is 17.0. The molecule has 8 heteroatoms. The number of hydrogen-bond acceptors (Lipinski definition) is 5. The maximum absolute atomic E-state index is 13.2. The Morgan fingerprint density at radius 3 is 3.10 bits per heavy atom. The zero-order chi connectivity index (χ0) is 21.2. The third-order valence-corrected chi connectivity index (χ3v) is 6.66. The lowest BCUT2D eigenvalue weighted by molar-refractivity contribution is -0.131. The van der Waals surface area contributed by atoms with Crippen LogP contribution in [0.25, 0.3) is 10.9 Å². The van der Waals surface area contributed by atoms with Gasteiger partial charge in [-0.1, -0.05) is 35.5 Å². The van der Waals surface area contributed by atoms with Gasteiger partial charge in [0.1, 0.15) is 11.4 Å². The molecule has 158 valence electrons. The zero-order valence-corrected chi connectivity index (χ0v) is 17.0. The molecule has 6 rings (SSSR count). The van der Waals surface area contributed by atoms with Gasteiger partial charge in [-0.15, -0.1) is 0 Å². The van der Waals surface area contributed by atoms with Gasteiger partial charge in [-0.2, -0.15) is 0 Å². The Morgan fingerprint density at radius 1 is 1.39 bits per heavy atom. The highest BCUT2D eigenvalue weighted by Gasteiger charge is 2.67. The molecule has 0 radical (unpaired) electrons. The van der Waals surface area contributed by atoms with Crippen molar-refractivity contribution in [3.05, 3.63) is 60.0 Å². The molecule has 3 aliphatic rings. The number of carbonyl (C=O) groups excluding carboxylic acids is 2. The van der Waals surface area contributed by atoms with Gasteiger partial charge in [0.15, 0.2) is 5.82 Å². The lowest BCUT2D eigenvalue weighted by Crippen LogP contribution is -2.44. The molecule has 2 aromatic heterocycles. The first-order valence-electron chi connectivity index (χ1n) is 10.5. The second-order valence-corrected chi connectivity index (χ2v) is 8.52. The second kappa shape index (κ2) is 6.55. The number of H-pyrrole nitrogens is 1. The molecule has 2 fully saturated rings. The SMILES string of the molecule is Cc1cc(N2C[C@]34C=C[C@@H](O3)[C@H](C(=O)NCCc3c[nH]c5ccccc35)C4C2=O)no1. The van der Waals surface area contributed by atoms with Gasteiger partial charge in [-0.3, -0.25) is 14.5 Å². The van der Waals surface area contributed by atoms with Gasteiger partial charge in [-0.05, 0) is 25.0 Å². The highest BCUT2D eigenvalue weighted by atomic mass is 16.5. The minimum Gasteiger partial charge on any atom is -0.361 e. The molecule has 31 heavy (non-hydrogen) atoms. The summed E-state index contributed by atoms with van der Waals surface area (Å²) in [5.74, 6) is -0.287. The molecular weight excluding hydrogens is 396 g/mol. The molecule has 2 bridgehead atoms. The van der Waals surface area contributed by atoms with Crippen molar-refractivity contribution in [1.82, 2.24) is 15.5 Å². The molecule has 0 saturated carbocycles. The first-order valence-corrected chi connectivity index (χ1v) is 10.5. The number of aromatic nitrogens is 2. The van der Waals surface area contributed by atoms with Crippen LogP contribution in [-0.2, 0) is 20.7 Å². The Labute approximate surface area is 178 Å². The fourth-order valence-electron chi connectivity index (χ4n) is 5.25. The number of hydrogen-bond donors (Lipinski definition) is 2. The minimum atomic E-state index is -0.770. The lowest BCUT2D eigenvalue weighted by atomic mass is 9.77. The summed E-state index contributed by atoms with van der Waals surface area (Å²) < 4.78 is 11.3. The monoisotopic (exact) mass is 418 g/mol. The molecule has 5 heterocycles. The lowest BCUT2D eigenvalue weighted by Gasteiger charge is -2.23. The summed E-state index contributed by atoms with van der Waals surface area (Å²) >= 11 is 0. The van der Waals surface area contributed by atoms with Crippen molar-refractivity contribution in [3.8, 4) is 0 Å². The number of amides is 2. The molecule has 1 spiro atoms. The number of fused-ring (bicyclic) bond motifs is 2. The van der Waals surface area contributed by atoms with E-state index < -0.39 is 17.4 Å². The van der Waals surface area contributed by atoms with E-state index in [1.54, 1.807) is 17.9 Å². The molecular formula is C23H22N4O4. The van der Waals surface area contributed by atoms with Crippen molar-refractivity contribution in [1.29, 1.82) is 0 Å². The van der Waals surface area contributed by atoms with Crippen LogP contribution in [0.2, 0.25) is 0 Å². The molecule has 2 N–H and O–H groups in total. The fourth-order valence-corrected chi connectivity index (χ4v) is 5.25. The molecule has 1 aromatic carbocycles. The topological polar surface area (TPSA) is 100 Å². The Bertz CT molecular complexity index is 1230. The summed E-state index contributed by atoms with van der Waals surface area (Å²) in [5.41, 5.74) is 1.46. The molecule has 3 aromatic rings. The smallest absolute Gasteiger partial charge is 0.235 e. The molecule has 4 atom stereocenters. The fraction of sp³-hybridized carbons (Fsp3) is 0.348. The van der Waals surface area contributed by atoms with E-state index in [-0.39, 0.29) is 17.9 Å². The molecule has 1 unspecified atom stereocenters. The number of ether oxygens (including phenoxy) is 1. The van der Waals surface area contributed by atoms with Gasteiger partial charge < -0.3 is 19.6 Å². The van der Waals surface area contributed by atoms with Crippen LogP contribution in [0.1, 0.15) is 11.3 Å². The third kappa shape index (κ3) is 2.68. The van der Waals surface area contributed by atoms with Gasteiger partial charge in [0, 0.05) is 29.7 Å². The van der Waals surface area contributed by atoms with Crippen molar-refractivity contribution >= 4 is 28.5 Å². The Kier molecular flexibility index (Phi) is 3.89.